The number of benzene rings is 1. The average Bonchev–Trinajstić information content (AvgIpc) is 2.04. The van der Waals surface area contributed by atoms with E-state index in [1.54, 1.807) is 12.1 Å². The summed E-state index contributed by atoms with van der Waals surface area (Å²) >= 11 is 1.75. The second kappa shape index (κ2) is 2.99. The van der Waals surface area contributed by atoms with Crippen molar-refractivity contribution in [1.29, 1.82) is 0 Å². The molecule has 0 radical (unpaired) electrons. The SMILES string of the molecule is CN1Cc2ccccc2N(C)S1. The second-order valence-electron chi connectivity index (χ2n) is 2.99. The zero-order valence-electron chi connectivity index (χ0n) is 7.32. The summed E-state index contributed by atoms with van der Waals surface area (Å²) in [5, 5.41) is 0. The zero-order valence-corrected chi connectivity index (χ0v) is 8.14. The first-order chi connectivity index (χ1) is 5.77. The number of hydrogen-bond donors (Lipinski definition) is 0. The molecule has 1 heterocycles. The zero-order chi connectivity index (χ0) is 8.55. The number of fused-ring (bicyclic) bond motifs is 1. The van der Waals surface area contributed by atoms with Crippen molar-refractivity contribution in [2.24, 2.45) is 0 Å². The van der Waals surface area contributed by atoms with E-state index in [0.29, 0.717) is 0 Å². The molecule has 1 aromatic rings. The largest absolute Gasteiger partial charge is 0.306 e. The fourth-order valence-corrected chi connectivity index (χ4v) is 2.35. The minimum absolute atomic E-state index is 1.03. The monoisotopic (exact) mass is 180 g/mol. The van der Waals surface area contributed by atoms with E-state index in [-0.39, 0.29) is 0 Å². The topological polar surface area (TPSA) is 6.48 Å². The summed E-state index contributed by atoms with van der Waals surface area (Å²) < 4.78 is 4.42. The fourth-order valence-electron chi connectivity index (χ4n) is 1.47. The van der Waals surface area contributed by atoms with Gasteiger partial charge in [0.1, 0.15) is 0 Å². The van der Waals surface area contributed by atoms with Crippen molar-refractivity contribution < 1.29 is 0 Å². The van der Waals surface area contributed by atoms with Gasteiger partial charge in [-0.2, -0.15) is 0 Å². The lowest BCUT2D eigenvalue weighted by molar-refractivity contribution is 0.556. The van der Waals surface area contributed by atoms with Gasteiger partial charge in [-0.05, 0) is 18.7 Å². The summed E-state index contributed by atoms with van der Waals surface area (Å²) in [6.45, 7) is 1.03. The fraction of sp³-hybridized carbons (Fsp3) is 0.333. The smallest absolute Gasteiger partial charge is 0.0524 e. The molecule has 1 aliphatic heterocycles. The molecule has 0 atom stereocenters. The Morgan fingerprint density at radius 1 is 1.25 bits per heavy atom. The van der Waals surface area contributed by atoms with Gasteiger partial charge in [-0.25, -0.2) is 4.31 Å². The van der Waals surface area contributed by atoms with Gasteiger partial charge in [0.15, 0.2) is 0 Å². The van der Waals surface area contributed by atoms with Crippen LogP contribution in [0.15, 0.2) is 24.3 Å². The Hall–Kier alpha value is -0.670. The van der Waals surface area contributed by atoms with Crippen LogP contribution in [0.3, 0.4) is 0 Å². The third-order valence-corrected chi connectivity index (χ3v) is 2.84. The molecule has 0 unspecified atom stereocenters. The normalized spacial score (nSPS) is 17.7. The lowest BCUT2D eigenvalue weighted by Crippen LogP contribution is -2.24. The van der Waals surface area contributed by atoms with Crippen LogP contribution >= 0.6 is 12.1 Å². The van der Waals surface area contributed by atoms with Crippen LogP contribution in [-0.4, -0.2) is 18.4 Å². The lowest BCUT2D eigenvalue weighted by Gasteiger charge is -2.31. The first-order valence-electron chi connectivity index (χ1n) is 3.98. The summed E-state index contributed by atoms with van der Waals surface area (Å²) in [7, 11) is 4.20. The van der Waals surface area contributed by atoms with E-state index in [1.807, 2.05) is 0 Å². The molecule has 1 aliphatic rings. The molecule has 12 heavy (non-hydrogen) atoms. The van der Waals surface area contributed by atoms with Crippen LogP contribution < -0.4 is 4.31 Å². The molecule has 64 valence electrons. The highest BCUT2D eigenvalue weighted by Crippen LogP contribution is 2.32. The number of anilines is 1. The maximum absolute atomic E-state index is 2.22. The minimum atomic E-state index is 1.03. The number of rotatable bonds is 0. The van der Waals surface area contributed by atoms with E-state index < -0.39 is 0 Å². The standard InChI is InChI=1S/C9H12N2S/c1-10-7-8-5-3-4-6-9(8)11(2)12-10/h3-6H,7H2,1-2H3. The Bertz CT molecular complexity index is 288. The molecule has 1 aromatic carbocycles. The Balaban J connectivity index is 2.40. The van der Waals surface area contributed by atoms with Crippen molar-refractivity contribution in [1.82, 2.24) is 4.31 Å². The third kappa shape index (κ3) is 1.30. The van der Waals surface area contributed by atoms with Gasteiger partial charge in [-0.3, -0.25) is 0 Å². The molecule has 0 fully saturated rings. The number of para-hydroxylation sites is 1. The van der Waals surface area contributed by atoms with Gasteiger partial charge in [0.2, 0.25) is 0 Å². The Morgan fingerprint density at radius 3 is 2.83 bits per heavy atom. The van der Waals surface area contributed by atoms with Crippen LogP contribution in [0.4, 0.5) is 5.69 Å². The summed E-state index contributed by atoms with van der Waals surface area (Å²) in [6.07, 6.45) is 0. The van der Waals surface area contributed by atoms with E-state index in [4.69, 9.17) is 0 Å². The van der Waals surface area contributed by atoms with Crippen molar-refractivity contribution in [2.45, 2.75) is 6.54 Å². The third-order valence-electron chi connectivity index (χ3n) is 1.99. The quantitative estimate of drug-likeness (QED) is 0.565. The Morgan fingerprint density at radius 2 is 2.00 bits per heavy atom. The maximum Gasteiger partial charge on any atom is 0.0524 e. The molecule has 2 rings (SSSR count). The predicted molar refractivity (Wildman–Crippen MR) is 53.9 cm³/mol. The Kier molecular flexibility index (Phi) is 1.98. The molecule has 0 bridgehead atoms. The summed E-state index contributed by atoms with van der Waals surface area (Å²) in [5.74, 6) is 0. The van der Waals surface area contributed by atoms with Crippen LogP contribution in [-0.2, 0) is 6.54 Å². The highest BCUT2D eigenvalue weighted by Gasteiger charge is 2.16. The lowest BCUT2D eigenvalue weighted by atomic mass is 10.2. The molecular weight excluding hydrogens is 168 g/mol. The molecule has 3 heteroatoms. The van der Waals surface area contributed by atoms with Crippen molar-refractivity contribution >= 4 is 17.8 Å². The van der Waals surface area contributed by atoms with Crippen molar-refractivity contribution in [3.8, 4) is 0 Å². The van der Waals surface area contributed by atoms with E-state index >= 15 is 0 Å². The molecule has 0 amide bonds. The maximum atomic E-state index is 2.22. The van der Waals surface area contributed by atoms with Crippen molar-refractivity contribution in [3.63, 3.8) is 0 Å². The van der Waals surface area contributed by atoms with E-state index in [1.165, 1.54) is 11.3 Å². The van der Waals surface area contributed by atoms with Gasteiger partial charge < -0.3 is 4.31 Å². The first kappa shape index (κ1) is 7.95. The number of nitrogens with zero attached hydrogens (tertiary/aromatic N) is 2. The van der Waals surface area contributed by atoms with Gasteiger partial charge in [0, 0.05) is 25.7 Å². The Labute approximate surface area is 77.4 Å². The van der Waals surface area contributed by atoms with Crippen LogP contribution in [0.2, 0.25) is 0 Å². The second-order valence-corrected chi connectivity index (χ2v) is 4.33. The molecule has 0 spiro atoms. The van der Waals surface area contributed by atoms with E-state index in [2.05, 4.69) is 47.0 Å². The molecule has 2 nitrogen and oxygen atoms in total. The van der Waals surface area contributed by atoms with Gasteiger partial charge in [0.05, 0.1) is 5.69 Å². The first-order valence-corrected chi connectivity index (χ1v) is 4.71. The molecule has 0 aliphatic carbocycles. The molecule has 0 saturated heterocycles. The minimum Gasteiger partial charge on any atom is -0.306 e. The van der Waals surface area contributed by atoms with Crippen LogP contribution in [0, 0.1) is 0 Å². The highest BCUT2D eigenvalue weighted by atomic mass is 32.2. The van der Waals surface area contributed by atoms with Crippen molar-refractivity contribution in [2.75, 3.05) is 18.4 Å². The molecule has 0 aromatic heterocycles. The van der Waals surface area contributed by atoms with Gasteiger partial charge in [0.25, 0.3) is 0 Å². The predicted octanol–water partition coefficient (Wildman–Crippen LogP) is 2.13. The van der Waals surface area contributed by atoms with E-state index in [9.17, 15) is 0 Å². The van der Waals surface area contributed by atoms with Gasteiger partial charge in [-0.15, -0.1) is 0 Å². The summed E-state index contributed by atoms with van der Waals surface area (Å²) in [4.78, 5) is 0. The van der Waals surface area contributed by atoms with Crippen molar-refractivity contribution in [3.05, 3.63) is 29.8 Å². The van der Waals surface area contributed by atoms with Crippen LogP contribution in [0.1, 0.15) is 5.56 Å². The average molecular weight is 180 g/mol. The van der Waals surface area contributed by atoms with Gasteiger partial charge in [-0.1, -0.05) is 18.2 Å². The van der Waals surface area contributed by atoms with Crippen LogP contribution in [0.25, 0.3) is 0 Å². The van der Waals surface area contributed by atoms with Crippen LogP contribution in [0.5, 0.6) is 0 Å². The number of hydrogen-bond acceptors (Lipinski definition) is 3. The molecule has 0 saturated carbocycles. The molecule has 0 N–H and O–H groups in total. The van der Waals surface area contributed by atoms with E-state index in [0.717, 1.165) is 6.54 Å². The summed E-state index contributed by atoms with van der Waals surface area (Å²) in [5.41, 5.74) is 2.74. The highest BCUT2D eigenvalue weighted by molar-refractivity contribution is 7.98. The van der Waals surface area contributed by atoms with Gasteiger partial charge >= 0.3 is 0 Å². The summed E-state index contributed by atoms with van der Waals surface area (Å²) in [6, 6.07) is 8.52. The molecular formula is C9H12N2S.